The number of amides is 4. The second-order valence-corrected chi connectivity index (χ2v) is 8.42. The number of rotatable bonds is 4. The minimum atomic E-state index is -0.922. The van der Waals surface area contributed by atoms with Crippen LogP contribution < -0.4 is 16.0 Å². The molecule has 2 saturated heterocycles. The number of hydrogen-bond acceptors (Lipinski definition) is 6. The van der Waals surface area contributed by atoms with Gasteiger partial charge < -0.3 is 10.6 Å². The lowest BCUT2D eigenvalue weighted by Gasteiger charge is -2.54. The van der Waals surface area contributed by atoms with E-state index in [1.54, 1.807) is 12.1 Å². The Balaban J connectivity index is 1.28. The lowest BCUT2D eigenvalue weighted by Crippen LogP contribution is -2.64. The average Bonchev–Trinajstić information content (AvgIpc) is 2.83. The third kappa shape index (κ3) is 2.67. The van der Waals surface area contributed by atoms with Crippen LogP contribution in [0, 0.1) is 5.41 Å². The molecular weight excluding hydrogens is 360 g/mol. The summed E-state index contributed by atoms with van der Waals surface area (Å²) < 4.78 is 0. The summed E-state index contributed by atoms with van der Waals surface area (Å²) in [7, 11) is 0. The molecule has 4 amide bonds. The summed E-state index contributed by atoms with van der Waals surface area (Å²) in [5, 5.41) is 9.06. The molecule has 8 heteroatoms. The van der Waals surface area contributed by atoms with Crippen LogP contribution in [0.2, 0.25) is 0 Å². The van der Waals surface area contributed by atoms with Gasteiger partial charge in [-0.15, -0.1) is 0 Å². The van der Waals surface area contributed by atoms with Gasteiger partial charge in [-0.05, 0) is 42.4 Å². The number of imide groups is 2. The predicted octanol–water partition coefficient (Wildman–Crippen LogP) is -0.0706. The Morgan fingerprint density at radius 1 is 1.07 bits per heavy atom. The van der Waals surface area contributed by atoms with E-state index < -0.39 is 23.8 Å². The highest BCUT2D eigenvalue weighted by Crippen LogP contribution is 2.44. The monoisotopic (exact) mass is 382 g/mol. The molecule has 1 aromatic carbocycles. The topological polar surface area (TPSA) is 108 Å². The lowest BCUT2D eigenvalue weighted by molar-refractivity contribution is -0.136. The first-order valence-corrected chi connectivity index (χ1v) is 9.74. The Kier molecular flexibility index (Phi) is 3.89. The summed E-state index contributed by atoms with van der Waals surface area (Å²) in [5.74, 6) is -1.88. The molecule has 28 heavy (non-hydrogen) atoms. The molecule has 8 nitrogen and oxygen atoms in total. The van der Waals surface area contributed by atoms with Gasteiger partial charge in [0.15, 0.2) is 0 Å². The van der Waals surface area contributed by atoms with Crippen LogP contribution in [-0.4, -0.2) is 53.7 Å². The Morgan fingerprint density at radius 3 is 2.50 bits per heavy atom. The van der Waals surface area contributed by atoms with Crippen molar-refractivity contribution in [2.45, 2.75) is 44.3 Å². The molecule has 5 rings (SSSR count). The number of benzene rings is 1. The van der Waals surface area contributed by atoms with Crippen LogP contribution in [0.25, 0.3) is 0 Å². The summed E-state index contributed by atoms with van der Waals surface area (Å²) in [6.45, 7) is 2.86. The van der Waals surface area contributed by atoms with Crippen LogP contribution in [0.5, 0.6) is 0 Å². The maximum Gasteiger partial charge on any atom is 0.262 e. The van der Waals surface area contributed by atoms with Crippen LogP contribution in [0.3, 0.4) is 0 Å². The van der Waals surface area contributed by atoms with Crippen LogP contribution in [-0.2, 0) is 16.1 Å². The van der Waals surface area contributed by atoms with Gasteiger partial charge in [0.1, 0.15) is 6.04 Å². The zero-order chi connectivity index (χ0) is 19.5. The molecule has 1 aliphatic carbocycles. The molecule has 1 saturated carbocycles. The second kappa shape index (κ2) is 6.22. The van der Waals surface area contributed by atoms with Gasteiger partial charge in [-0.25, -0.2) is 0 Å². The third-order valence-electron chi connectivity index (χ3n) is 6.46. The molecule has 4 aliphatic rings. The molecule has 1 spiro atoms. The van der Waals surface area contributed by atoms with E-state index in [1.807, 2.05) is 6.07 Å². The van der Waals surface area contributed by atoms with E-state index in [0.717, 1.165) is 23.6 Å². The maximum atomic E-state index is 12.8. The van der Waals surface area contributed by atoms with E-state index in [2.05, 4.69) is 16.0 Å². The van der Waals surface area contributed by atoms with Gasteiger partial charge in [0.2, 0.25) is 11.8 Å². The second-order valence-electron chi connectivity index (χ2n) is 8.42. The first kappa shape index (κ1) is 17.5. The van der Waals surface area contributed by atoms with Gasteiger partial charge in [-0.2, -0.15) is 0 Å². The van der Waals surface area contributed by atoms with Crippen molar-refractivity contribution < 1.29 is 19.2 Å². The third-order valence-corrected chi connectivity index (χ3v) is 6.46. The van der Waals surface area contributed by atoms with Gasteiger partial charge in [0, 0.05) is 32.1 Å². The molecule has 0 aromatic heterocycles. The van der Waals surface area contributed by atoms with Gasteiger partial charge in [-0.3, -0.25) is 29.4 Å². The largest absolute Gasteiger partial charge is 0.316 e. The highest BCUT2D eigenvalue weighted by molar-refractivity contribution is 6.23. The number of piperidine rings is 1. The van der Waals surface area contributed by atoms with E-state index in [-0.39, 0.29) is 18.7 Å². The molecule has 0 radical (unpaired) electrons. The Bertz CT molecular complexity index is 899. The molecule has 3 heterocycles. The maximum absolute atomic E-state index is 12.8. The van der Waals surface area contributed by atoms with Crippen molar-refractivity contribution in [3.8, 4) is 0 Å². The van der Waals surface area contributed by atoms with E-state index >= 15 is 0 Å². The van der Waals surface area contributed by atoms with Crippen molar-refractivity contribution >= 4 is 23.6 Å². The van der Waals surface area contributed by atoms with Crippen LogP contribution in [0.1, 0.15) is 52.0 Å². The van der Waals surface area contributed by atoms with E-state index in [1.165, 1.54) is 12.8 Å². The standard InChI is InChI=1S/C20H22N4O4/c25-16-4-3-15(17(26)23-16)24-18(27)13-2-1-11(5-14(13)19(24)28)8-22-12-6-20(7-12)9-21-10-20/h1-2,5,12,15,21-22H,3-4,6-10H2,(H,23,25,26). The van der Waals surface area contributed by atoms with E-state index in [4.69, 9.17) is 0 Å². The summed E-state index contributed by atoms with van der Waals surface area (Å²) in [4.78, 5) is 50.0. The van der Waals surface area contributed by atoms with Gasteiger partial charge in [-0.1, -0.05) is 6.07 Å². The van der Waals surface area contributed by atoms with Gasteiger partial charge in [0.25, 0.3) is 11.8 Å². The number of nitrogens with zero attached hydrogens (tertiary/aromatic N) is 1. The van der Waals surface area contributed by atoms with Crippen LogP contribution in [0.15, 0.2) is 18.2 Å². The first-order chi connectivity index (χ1) is 13.5. The predicted molar refractivity (Wildman–Crippen MR) is 98.3 cm³/mol. The normalized spacial score (nSPS) is 26.1. The first-order valence-electron chi connectivity index (χ1n) is 9.74. The van der Waals surface area contributed by atoms with Crippen LogP contribution in [0.4, 0.5) is 0 Å². The van der Waals surface area contributed by atoms with Crippen molar-refractivity contribution in [1.29, 1.82) is 0 Å². The molecule has 1 aromatic rings. The highest BCUT2D eigenvalue weighted by atomic mass is 16.2. The average molecular weight is 382 g/mol. The zero-order valence-electron chi connectivity index (χ0n) is 15.4. The summed E-state index contributed by atoms with van der Waals surface area (Å²) in [6.07, 6.45) is 2.64. The Labute approximate surface area is 162 Å². The zero-order valence-corrected chi connectivity index (χ0v) is 15.4. The summed E-state index contributed by atoms with van der Waals surface area (Å²) in [6, 6.07) is 4.83. The fraction of sp³-hybridized carbons (Fsp3) is 0.500. The van der Waals surface area contributed by atoms with Gasteiger partial charge in [0.05, 0.1) is 11.1 Å². The molecule has 1 unspecified atom stereocenters. The molecule has 3 aliphatic heterocycles. The quantitative estimate of drug-likeness (QED) is 0.630. The van der Waals surface area contributed by atoms with Gasteiger partial charge >= 0.3 is 0 Å². The molecule has 146 valence electrons. The minimum absolute atomic E-state index is 0.122. The Hall–Kier alpha value is -2.58. The van der Waals surface area contributed by atoms with E-state index in [9.17, 15) is 19.2 Å². The van der Waals surface area contributed by atoms with Crippen molar-refractivity contribution in [2.75, 3.05) is 13.1 Å². The molecular formula is C20H22N4O4. The number of nitrogens with one attached hydrogen (secondary N) is 3. The number of carbonyl (C=O) groups excluding carboxylic acids is 4. The fourth-order valence-corrected chi connectivity index (χ4v) is 4.79. The van der Waals surface area contributed by atoms with Crippen molar-refractivity contribution in [3.63, 3.8) is 0 Å². The van der Waals surface area contributed by atoms with Crippen molar-refractivity contribution in [2.24, 2.45) is 5.41 Å². The molecule has 0 bridgehead atoms. The molecule has 1 atom stereocenters. The summed E-state index contributed by atoms with van der Waals surface area (Å²) >= 11 is 0. The highest BCUT2D eigenvalue weighted by Gasteiger charge is 2.48. The Morgan fingerprint density at radius 2 is 1.82 bits per heavy atom. The fourth-order valence-electron chi connectivity index (χ4n) is 4.79. The van der Waals surface area contributed by atoms with E-state index in [0.29, 0.717) is 29.1 Å². The lowest BCUT2D eigenvalue weighted by atomic mass is 9.61. The van der Waals surface area contributed by atoms with Crippen molar-refractivity contribution in [3.05, 3.63) is 34.9 Å². The van der Waals surface area contributed by atoms with Crippen LogP contribution >= 0.6 is 0 Å². The minimum Gasteiger partial charge on any atom is -0.316 e. The molecule has 3 N–H and O–H groups in total. The van der Waals surface area contributed by atoms with Crippen molar-refractivity contribution in [1.82, 2.24) is 20.9 Å². The smallest absolute Gasteiger partial charge is 0.262 e. The SMILES string of the molecule is O=C1CCC(N2C(=O)c3ccc(CNC4CC5(CNC5)C4)cc3C2=O)C(=O)N1. The number of hydrogen-bond donors (Lipinski definition) is 3. The summed E-state index contributed by atoms with van der Waals surface area (Å²) in [5.41, 5.74) is 2.10. The number of carbonyl (C=O) groups is 4. The molecule has 3 fully saturated rings. The number of fused-ring (bicyclic) bond motifs is 1.